The minimum absolute atomic E-state index is 0.0900. The Morgan fingerprint density at radius 3 is 2.55 bits per heavy atom. The lowest BCUT2D eigenvalue weighted by Crippen LogP contribution is -2.15. The molecule has 0 unspecified atom stereocenters. The van der Waals surface area contributed by atoms with Crippen molar-refractivity contribution in [1.82, 2.24) is 0 Å². The van der Waals surface area contributed by atoms with E-state index in [0.29, 0.717) is 0 Å². The number of hydrogen-bond donors (Lipinski definition) is 0. The maximum absolute atomic E-state index is 11.2. The molecule has 1 rings (SSSR count). The number of rotatable bonds is 1. The van der Waals surface area contributed by atoms with Gasteiger partial charge in [0.1, 0.15) is 0 Å². The van der Waals surface area contributed by atoms with E-state index in [1.54, 1.807) is 13.1 Å². The number of carbonyl (C=O) groups is 1. The van der Waals surface area contributed by atoms with Crippen molar-refractivity contribution in [2.75, 3.05) is 0 Å². The molecule has 0 bridgehead atoms. The largest absolute Gasteiger partial charge is 0.272 e. The van der Waals surface area contributed by atoms with Crippen molar-refractivity contribution in [3.05, 3.63) is 0 Å². The van der Waals surface area contributed by atoms with Crippen molar-refractivity contribution in [2.24, 2.45) is 10.9 Å². The minimum Gasteiger partial charge on any atom is -0.272 e. The molecule has 62 valence electrons. The van der Waals surface area contributed by atoms with E-state index < -0.39 is 0 Å². The van der Waals surface area contributed by atoms with Gasteiger partial charge in [0.15, 0.2) is 0 Å². The molecule has 0 spiro atoms. The van der Waals surface area contributed by atoms with Gasteiger partial charge in [0, 0.05) is 12.1 Å². The third-order valence-electron chi connectivity index (χ3n) is 2.21. The lowest BCUT2D eigenvalue weighted by atomic mass is 9.89. The lowest BCUT2D eigenvalue weighted by Gasteiger charge is -2.17. The summed E-state index contributed by atoms with van der Waals surface area (Å²) in [5.41, 5.74) is 0. The summed E-state index contributed by atoms with van der Waals surface area (Å²) in [4.78, 5) is 15.0. The number of hydrogen-bond acceptors (Lipinski definition) is 1. The normalized spacial score (nSPS) is 20.8. The second-order valence-corrected chi connectivity index (χ2v) is 3.06. The number of aliphatic imine (C=N–C) groups is 1. The Morgan fingerprint density at radius 1 is 1.36 bits per heavy atom. The van der Waals surface area contributed by atoms with Crippen molar-refractivity contribution in [3.63, 3.8) is 0 Å². The summed E-state index contributed by atoms with van der Waals surface area (Å²) in [6, 6.07) is 0. The standard InChI is InChI=1S/C9H15NO/c1-2-10-9(11)8-6-4-3-5-7-8/h2,8H,3-7H2,1H3/b10-2+. The first-order chi connectivity index (χ1) is 5.34. The zero-order chi connectivity index (χ0) is 8.10. The van der Waals surface area contributed by atoms with Crippen LogP contribution in [0.25, 0.3) is 0 Å². The summed E-state index contributed by atoms with van der Waals surface area (Å²) in [5, 5.41) is 0. The van der Waals surface area contributed by atoms with Gasteiger partial charge in [0.05, 0.1) is 0 Å². The molecule has 0 atom stereocenters. The molecule has 1 aliphatic rings. The van der Waals surface area contributed by atoms with E-state index in [-0.39, 0.29) is 11.8 Å². The molecule has 0 N–H and O–H groups in total. The molecule has 0 aromatic carbocycles. The van der Waals surface area contributed by atoms with Gasteiger partial charge in [0.25, 0.3) is 0 Å². The van der Waals surface area contributed by atoms with Gasteiger partial charge in [0.2, 0.25) is 5.91 Å². The molecular weight excluding hydrogens is 138 g/mol. The van der Waals surface area contributed by atoms with E-state index >= 15 is 0 Å². The molecular formula is C9H15NO. The van der Waals surface area contributed by atoms with Crippen molar-refractivity contribution < 1.29 is 4.79 Å². The average Bonchev–Trinajstić information content (AvgIpc) is 2.07. The van der Waals surface area contributed by atoms with E-state index in [4.69, 9.17) is 0 Å². The van der Waals surface area contributed by atoms with Crippen LogP contribution in [-0.2, 0) is 4.79 Å². The first kappa shape index (κ1) is 8.44. The monoisotopic (exact) mass is 153 g/mol. The van der Waals surface area contributed by atoms with Crippen molar-refractivity contribution in [1.29, 1.82) is 0 Å². The number of nitrogens with zero attached hydrogens (tertiary/aromatic N) is 1. The van der Waals surface area contributed by atoms with Crippen LogP contribution in [0.1, 0.15) is 39.0 Å². The van der Waals surface area contributed by atoms with Crippen LogP contribution in [0, 0.1) is 5.92 Å². The Hall–Kier alpha value is -0.660. The summed E-state index contributed by atoms with van der Waals surface area (Å²) < 4.78 is 0. The van der Waals surface area contributed by atoms with Gasteiger partial charge in [-0.25, -0.2) is 4.99 Å². The second kappa shape index (κ2) is 4.27. The lowest BCUT2D eigenvalue weighted by molar-refractivity contribution is -0.122. The Kier molecular flexibility index (Phi) is 3.27. The van der Waals surface area contributed by atoms with E-state index in [9.17, 15) is 4.79 Å². The van der Waals surface area contributed by atoms with Crippen LogP contribution in [0.3, 0.4) is 0 Å². The Morgan fingerprint density at radius 2 is 2.00 bits per heavy atom. The number of carbonyl (C=O) groups excluding carboxylic acids is 1. The fraction of sp³-hybridized carbons (Fsp3) is 0.778. The van der Waals surface area contributed by atoms with Gasteiger partial charge in [-0.3, -0.25) is 4.79 Å². The highest BCUT2D eigenvalue weighted by atomic mass is 16.1. The van der Waals surface area contributed by atoms with Gasteiger partial charge >= 0.3 is 0 Å². The second-order valence-electron chi connectivity index (χ2n) is 3.06. The summed E-state index contributed by atoms with van der Waals surface area (Å²) in [6.45, 7) is 1.79. The van der Waals surface area contributed by atoms with E-state index in [0.717, 1.165) is 12.8 Å². The highest BCUT2D eigenvalue weighted by Crippen LogP contribution is 2.24. The molecule has 2 heteroatoms. The molecule has 0 aromatic heterocycles. The Labute approximate surface area is 67.7 Å². The zero-order valence-electron chi connectivity index (χ0n) is 7.05. The zero-order valence-corrected chi connectivity index (χ0v) is 7.05. The molecule has 0 saturated heterocycles. The maximum atomic E-state index is 11.2. The Bertz CT molecular complexity index is 157. The molecule has 2 nitrogen and oxygen atoms in total. The summed E-state index contributed by atoms with van der Waals surface area (Å²) in [7, 11) is 0. The molecule has 0 aromatic rings. The fourth-order valence-electron chi connectivity index (χ4n) is 1.58. The molecule has 1 fully saturated rings. The van der Waals surface area contributed by atoms with Crippen LogP contribution in [0.15, 0.2) is 4.99 Å². The van der Waals surface area contributed by atoms with Gasteiger partial charge in [-0.15, -0.1) is 0 Å². The summed E-state index contributed by atoms with van der Waals surface area (Å²) in [5.74, 6) is 0.326. The molecule has 0 heterocycles. The van der Waals surface area contributed by atoms with E-state index in [1.807, 2.05) is 0 Å². The minimum atomic E-state index is 0.0900. The van der Waals surface area contributed by atoms with Crippen molar-refractivity contribution in [2.45, 2.75) is 39.0 Å². The highest BCUT2D eigenvalue weighted by Gasteiger charge is 2.19. The molecule has 1 amide bonds. The van der Waals surface area contributed by atoms with Gasteiger partial charge < -0.3 is 0 Å². The van der Waals surface area contributed by atoms with Crippen LogP contribution >= 0.6 is 0 Å². The number of amides is 1. The third kappa shape index (κ3) is 2.45. The predicted octanol–water partition coefficient (Wildman–Crippen LogP) is 2.18. The summed E-state index contributed by atoms with van der Waals surface area (Å²) in [6.07, 6.45) is 7.40. The first-order valence-corrected chi connectivity index (χ1v) is 4.37. The van der Waals surface area contributed by atoms with Crippen LogP contribution < -0.4 is 0 Å². The molecule has 0 radical (unpaired) electrons. The predicted molar refractivity (Wildman–Crippen MR) is 45.7 cm³/mol. The van der Waals surface area contributed by atoms with Crippen LogP contribution in [0.2, 0.25) is 0 Å². The topological polar surface area (TPSA) is 29.4 Å². The van der Waals surface area contributed by atoms with E-state index in [2.05, 4.69) is 4.99 Å². The van der Waals surface area contributed by atoms with Gasteiger partial charge in [-0.1, -0.05) is 19.3 Å². The van der Waals surface area contributed by atoms with Gasteiger partial charge in [-0.2, -0.15) is 0 Å². The van der Waals surface area contributed by atoms with Gasteiger partial charge in [-0.05, 0) is 19.8 Å². The molecule has 1 saturated carbocycles. The quantitative estimate of drug-likeness (QED) is 0.531. The molecule has 11 heavy (non-hydrogen) atoms. The third-order valence-corrected chi connectivity index (χ3v) is 2.21. The molecule has 1 aliphatic carbocycles. The SMILES string of the molecule is C/C=N/C(=O)C1CCCCC1. The maximum Gasteiger partial charge on any atom is 0.248 e. The molecule has 0 aliphatic heterocycles. The van der Waals surface area contributed by atoms with Crippen molar-refractivity contribution in [3.8, 4) is 0 Å². The van der Waals surface area contributed by atoms with Crippen LogP contribution in [0.5, 0.6) is 0 Å². The fourth-order valence-corrected chi connectivity index (χ4v) is 1.58. The first-order valence-electron chi connectivity index (χ1n) is 4.37. The Balaban J connectivity index is 2.38. The summed E-state index contributed by atoms with van der Waals surface area (Å²) >= 11 is 0. The van der Waals surface area contributed by atoms with E-state index in [1.165, 1.54) is 19.3 Å². The smallest absolute Gasteiger partial charge is 0.248 e. The van der Waals surface area contributed by atoms with Crippen LogP contribution in [0.4, 0.5) is 0 Å². The average molecular weight is 153 g/mol. The highest BCUT2D eigenvalue weighted by molar-refractivity contribution is 5.86. The van der Waals surface area contributed by atoms with Crippen LogP contribution in [-0.4, -0.2) is 12.1 Å². The van der Waals surface area contributed by atoms with Crippen molar-refractivity contribution >= 4 is 12.1 Å².